The Balaban J connectivity index is 1.25. The molecule has 1 saturated carbocycles. The Labute approximate surface area is 236 Å². The van der Waals surface area contributed by atoms with Crippen LogP contribution in [0, 0.1) is 11.3 Å². The molecule has 0 aromatic carbocycles. The lowest BCUT2D eigenvalue weighted by Crippen LogP contribution is -2.52. The molecule has 0 spiro atoms. The number of methoxy groups -OCH3 is 1. The summed E-state index contributed by atoms with van der Waals surface area (Å²) in [6, 6.07) is 1.38. The Bertz CT molecular complexity index is 1260. The van der Waals surface area contributed by atoms with Gasteiger partial charge in [-0.2, -0.15) is 13.2 Å². The molecule has 5 heterocycles. The van der Waals surface area contributed by atoms with Crippen molar-refractivity contribution in [3.05, 3.63) is 47.8 Å². The van der Waals surface area contributed by atoms with Crippen molar-refractivity contribution in [2.75, 3.05) is 40.0 Å². The van der Waals surface area contributed by atoms with Crippen LogP contribution >= 0.6 is 12.2 Å². The third-order valence-electron chi connectivity index (χ3n) is 9.01. The standard InChI is InChI=1S/C27H33F3N6O3S/c1-38-23-14-39-7-3-22(23)33-20-9-19-13-36(25(40)35-6-4-31-16-35)15-26(19,10-20)24(37)34-5-2-21-17(12-34)8-18(11-32-21)27(28,29)30/h4,6,8,11,16,19-20,22-23,33H,2-3,5,7,9-10,12-15H2,1H3/t19-,20+,22-,23+,26-/m0/s1. The minimum absolute atomic E-state index is 0.0175. The Morgan fingerprint density at radius 2 is 2.17 bits per heavy atom. The number of pyridine rings is 1. The van der Waals surface area contributed by atoms with Crippen LogP contribution in [-0.2, 0) is 33.4 Å². The maximum atomic E-state index is 14.4. The van der Waals surface area contributed by atoms with Gasteiger partial charge in [0.1, 0.15) is 6.33 Å². The number of thiocarbonyl (C=S) groups is 1. The van der Waals surface area contributed by atoms with E-state index in [0.717, 1.165) is 25.1 Å². The number of halogens is 3. The molecule has 40 heavy (non-hydrogen) atoms. The molecule has 0 bridgehead atoms. The summed E-state index contributed by atoms with van der Waals surface area (Å²) in [7, 11) is 1.69. The number of hydrogen-bond donors (Lipinski definition) is 1. The Kier molecular flexibility index (Phi) is 7.34. The summed E-state index contributed by atoms with van der Waals surface area (Å²) in [5.74, 6) is 0.0249. The highest BCUT2D eigenvalue weighted by Crippen LogP contribution is 2.51. The van der Waals surface area contributed by atoms with Crippen molar-refractivity contribution in [1.82, 2.24) is 29.7 Å². The number of aromatic nitrogens is 3. The van der Waals surface area contributed by atoms with Crippen LogP contribution < -0.4 is 5.32 Å². The zero-order valence-electron chi connectivity index (χ0n) is 22.3. The van der Waals surface area contributed by atoms with E-state index in [1.807, 2.05) is 0 Å². The fourth-order valence-corrected chi connectivity index (χ4v) is 7.26. The molecule has 0 unspecified atom stereocenters. The van der Waals surface area contributed by atoms with Crippen LogP contribution in [0.4, 0.5) is 13.2 Å². The van der Waals surface area contributed by atoms with Gasteiger partial charge < -0.3 is 24.6 Å². The van der Waals surface area contributed by atoms with Gasteiger partial charge in [0.2, 0.25) is 5.91 Å². The fourth-order valence-electron chi connectivity index (χ4n) is 7.02. The molecule has 3 aliphatic heterocycles. The number of hydrogen-bond acceptors (Lipinski definition) is 7. The summed E-state index contributed by atoms with van der Waals surface area (Å²) in [6.45, 7) is 2.82. The Morgan fingerprint density at radius 3 is 2.92 bits per heavy atom. The second kappa shape index (κ2) is 10.7. The first-order valence-electron chi connectivity index (χ1n) is 13.7. The quantitative estimate of drug-likeness (QED) is 0.555. The van der Waals surface area contributed by atoms with Gasteiger partial charge in [0.25, 0.3) is 0 Å². The van der Waals surface area contributed by atoms with Gasteiger partial charge in [-0.3, -0.25) is 14.3 Å². The lowest BCUT2D eigenvalue weighted by atomic mass is 9.78. The van der Waals surface area contributed by atoms with Crippen molar-refractivity contribution in [3.63, 3.8) is 0 Å². The number of carbonyl (C=O) groups is 1. The molecule has 2 aromatic heterocycles. The monoisotopic (exact) mass is 578 g/mol. The SMILES string of the molecule is CO[C@@H]1COCC[C@@H]1N[C@@H]1C[C@H]2CN(C(=S)n3ccnc3)C[C@@]2(C(=O)N2CCc3ncc(C(F)(F)F)cc3C2)C1. The summed E-state index contributed by atoms with van der Waals surface area (Å²) in [5, 5.41) is 4.36. The van der Waals surface area contributed by atoms with Crippen LogP contribution in [0.1, 0.15) is 36.1 Å². The first-order chi connectivity index (χ1) is 19.2. The number of ether oxygens (including phenoxy) is 2. The zero-order chi connectivity index (χ0) is 28.1. The van der Waals surface area contributed by atoms with Crippen molar-refractivity contribution in [1.29, 1.82) is 0 Å². The molecule has 1 aliphatic carbocycles. The smallest absolute Gasteiger partial charge is 0.379 e. The molecule has 216 valence electrons. The fraction of sp³-hybridized carbons (Fsp3) is 0.630. The number of rotatable bonds is 4. The van der Waals surface area contributed by atoms with E-state index >= 15 is 0 Å². The van der Waals surface area contributed by atoms with E-state index in [4.69, 9.17) is 21.7 Å². The number of alkyl halides is 3. The molecule has 9 nitrogen and oxygen atoms in total. The van der Waals surface area contributed by atoms with Gasteiger partial charge in [-0.1, -0.05) is 0 Å². The van der Waals surface area contributed by atoms with Crippen molar-refractivity contribution >= 4 is 23.2 Å². The molecule has 1 amide bonds. The first kappa shape index (κ1) is 27.6. The Hall–Kier alpha value is -2.61. The molecule has 13 heteroatoms. The number of carbonyl (C=O) groups excluding carboxylic acids is 1. The summed E-state index contributed by atoms with van der Waals surface area (Å²) in [4.78, 5) is 26.4. The molecule has 5 atom stereocenters. The molecule has 1 N–H and O–H groups in total. The van der Waals surface area contributed by atoms with Crippen LogP contribution in [0.5, 0.6) is 0 Å². The third kappa shape index (κ3) is 5.01. The molecule has 4 aliphatic rings. The normalized spacial score (nSPS) is 30.3. The van der Waals surface area contributed by atoms with E-state index in [9.17, 15) is 18.0 Å². The summed E-state index contributed by atoms with van der Waals surface area (Å²) in [6.07, 6.45) is 4.12. The van der Waals surface area contributed by atoms with Gasteiger partial charge >= 0.3 is 6.18 Å². The van der Waals surface area contributed by atoms with Crippen LogP contribution in [0.2, 0.25) is 0 Å². The minimum Gasteiger partial charge on any atom is -0.379 e. The van der Waals surface area contributed by atoms with Crippen molar-refractivity contribution in [2.45, 2.75) is 56.6 Å². The highest BCUT2D eigenvalue weighted by Gasteiger charge is 2.59. The van der Waals surface area contributed by atoms with Crippen molar-refractivity contribution < 1.29 is 27.4 Å². The molecule has 2 aromatic rings. The van der Waals surface area contributed by atoms with Crippen LogP contribution in [0.25, 0.3) is 0 Å². The topological polar surface area (TPSA) is 84.8 Å². The van der Waals surface area contributed by atoms with E-state index in [2.05, 4.69) is 20.2 Å². The highest BCUT2D eigenvalue weighted by atomic mass is 32.1. The average molecular weight is 579 g/mol. The van der Waals surface area contributed by atoms with E-state index < -0.39 is 17.2 Å². The molecular formula is C27H33F3N6O3S. The lowest BCUT2D eigenvalue weighted by molar-refractivity contribution is -0.143. The van der Waals surface area contributed by atoms with Crippen LogP contribution in [-0.4, -0.2) is 93.5 Å². The Morgan fingerprint density at radius 1 is 1.32 bits per heavy atom. The number of nitrogens with one attached hydrogen (secondary N) is 1. The summed E-state index contributed by atoms with van der Waals surface area (Å²) >= 11 is 5.76. The highest BCUT2D eigenvalue weighted by molar-refractivity contribution is 7.80. The molecule has 0 radical (unpaired) electrons. The van der Waals surface area contributed by atoms with Gasteiger partial charge in [-0.25, -0.2) is 4.98 Å². The number of nitrogens with zero attached hydrogens (tertiary/aromatic N) is 5. The molecule has 2 saturated heterocycles. The summed E-state index contributed by atoms with van der Waals surface area (Å²) in [5.41, 5.74) is -0.410. The molecular weight excluding hydrogens is 545 g/mol. The van der Waals surface area contributed by atoms with Gasteiger partial charge in [0.15, 0.2) is 5.11 Å². The van der Waals surface area contributed by atoms with Crippen LogP contribution in [0.3, 0.4) is 0 Å². The molecule has 6 rings (SSSR count). The van der Waals surface area contributed by atoms with Gasteiger partial charge in [-0.15, -0.1) is 0 Å². The van der Waals surface area contributed by atoms with Gasteiger partial charge in [0.05, 0.1) is 23.7 Å². The first-order valence-corrected chi connectivity index (χ1v) is 14.1. The van der Waals surface area contributed by atoms with Crippen LogP contribution in [0.15, 0.2) is 31.0 Å². The number of likely N-dealkylation sites (tertiary alicyclic amines) is 1. The predicted molar refractivity (Wildman–Crippen MR) is 142 cm³/mol. The van der Waals surface area contributed by atoms with E-state index in [-0.39, 0.29) is 36.6 Å². The third-order valence-corrected chi connectivity index (χ3v) is 9.48. The van der Waals surface area contributed by atoms with Crippen molar-refractivity contribution in [3.8, 4) is 0 Å². The minimum atomic E-state index is -4.48. The van der Waals surface area contributed by atoms with E-state index in [1.165, 1.54) is 0 Å². The van der Waals surface area contributed by atoms with Crippen molar-refractivity contribution in [2.24, 2.45) is 11.3 Å². The maximum Gasteiger partial charge on any atom is 0.417 e. The largest absolute Gasteiger partial charge is 0.417 e. The number of amides is 1. The zero-order valence-corrected chi connectivity index (χ0v) is 23.1. The van der Waals surface area contributed by atoms with E-state index in [1.54, 1.807) is 35.3 Å². The summed E-state index contributed by atoms with van der Waals surface area (Å²) < 4.78 is 53.2. The second-order valence-corrected chi connectivity index (χ2v) is 11.7. The van der Waals surface area contributed by atoms with E-state index in [0.29, 0.717) is 62.1 Å². The molecule has 3 fully saturated rings. The second-order valence-electron chi connectivity index (χ2n) is 11.3. The average Bonchev–Trinajstić information content (AvgIpc) is 3.67. The maximum absolute atomic E-state index is 14.4. The lowest BCUT2D eigenvalue weighted by Gasteiger charge is -2.38. The number of fused-ring (bicyclic) bond motifs is 2. The van der Waals surface area contributed by atoms with Gasteiger partial charge in [0, 0.05) is 82.7 Å². The van der Waals surface area contributed by atoms with Gasteiger partial charge in [-0.05, 0) is 49.0 Å². The number of imidazole rings is 1. The predicted octanol–water partition coefficient (Wildman–Crippen LogP) is 2.49.